The molecule has 1 aliphatic rings. The summed E-state index contributed by atoms with van der Waals surface area (Å²) >= 11 is 0. The van der Waals surface area contributed by atoms with E-state index in [0.29, 0.717) is 26.1 Å². The van der Waals surface area contributed by atoms with E-state index in [4.69, 9.17) is 9.47 Å². The quantitative estimate of drug-likeness (QED) is 0.831. The summed E-state index contributed by atoms with van der Waals surface area (Å²) in [6.07, 6.45) is 1.30. The van der Waals surface area contributed by atoms with Gasteiger partial charge in [0.15, 0.2) is 0 Å². The van der Waals surface area contributed by atoms with Crippen molar-refractivity contribution in [1.82, 2.24) is 0 Å². The lowest BCUT2D eigenvalue weighted by Crippen LogP contribution is -2.33. The first-order valence-corrected chi connectivity index (χ1v) is 5.60. The molecule has 16 heavy (non-hydrogen) atoms. The van der Waals surface area contributed by atoms with Gasteiger partial charge in [-0.05, 0) is 30.2 Å². The number of rotatable bonds is 2. The van der Waals surface area contributed by atoms with Gasteiger partial charge in [-0.3, -0.25) is 0 Å². The maximum atomic E-state index is 10.6. The second kappa shape index (κ2) is 4.44. The van der Waals surface area contributed by atoms with E-state index in [2.05, 4.69) is 0 Å². The Balaban J connectivity index is 2.34. The summed E-state index contributed by atoms with van der Waals surface area (Å²) < 4.78 is 10.5. The third-order valence-electron chi connectivity index (χ3n) is 3.14. The Bertz CT molecular complexity index is 367. The fourth-order valence-corrected chi connectivity index (χ4v) is 2.13. The molecule has 1 N–H and O–H groups in total. The van der Waals surface area contributed by atoms with Crippen LogP contribution in [0.5, 0.6) is 5.75 Å². The molecule has 1 aromatic carbocycles. The SMILES string of the molecule is COc1cc(C)cc(C2(O)CCOCC2)c1. The van der Waals surface area contributed by atoms with Gasteiger partial charge < -0.3 is 14.6 Å². The Morgan fingerprint density at radius 3 is 2.56 bits per heavy atom. The molecule has 88 valence electrons. The Labute approximate surface area is 96.0 Å². The molecular weight excluding hydrogens is 204 g/mol. The number of aryl methyl sites for hydroxylation is 1. The van der Waals surface area contributed by atoms with Gasteiger partial charge in [-0.2, -0.15) is 0 Å². The van der Waals surface area contributed by atoms with E-state index in [1.807, 2.05) is 25.1 Å². The molecule has 1 aliphatic heterocycles. The summed E-state index contributed by atoms with van der Waals surface area (Å²) in [6, 6.07) is 5.90. The average Bonchev–Trinajstić information content (AvgIpc) is 2.29. The van der Waals surface area contributed by atoms with Crippen molar-refractivity contribution in [3.05, 3.63) is 29.3 Å². The van der Waals surface area contributed by atoms with Crippen molar-refractivity contribution in [2.45, 2.75) is 25.4 Å². The fraction of sp³-hybridized carbons (Fsp3) is 0.538. The second-order valence-corrected chi connectivity index (χ2v) is 4.38. The molecular formula is C13H18O3. The lowest BCUT2D eigenvalue weighted by atomic mass is 9.85. The molecule has 1 fully saturated rings. The van der Waals surface area contributed by atoms with Gasteiger partial charge in [0.2, 0.25) is 0 Å². The molecule has 1 heterocycles. The van der Waals surface area contributed by atoms with Gasteiger partial charge in [0.05, 0.1) is 12.7 Å². The Kier molecular flexibility index (Phi) is 3.17. The minimum Gasteiger partial charge on any atom is -0.497 e. The summed E-state index contributed by atoms with van der Waals surface area (Å²) in [4.78, 5) is 0. The van der Waals surface area contributed by atoms with E-state index in [1.54, 1.807) is 7.11 Å². The van der Waals surface area contributed by atoms with Crippen LogP contribution in [0, 0.1) is 6.92 Å². The molecule has 0 amide bonds. The molecule has 0 spiro atoms. The molecule has 2 rings (SSSR count). The zero-order chi connectivity index (χ0) is 11.6. The molecule has 0 radical (unpaired) electrons. The van der Waals surface area contributed by atoms with Gasteiger partial charge in [-0.15, -0.1) is 0 Å². The molecule has 0 aromatic heterocycles. The van der Waals surface area contributed by atoms with Gasteiger partial charge in [0, 0.05) is 26.1 Å². The molecule has 3 heteroatoms. The topological polar surface area (TPSA) is 38.7 Å². The first-order valence-electron chi connectivity index (χ1n) is 5.60. The van der Waals surface area contributed by atoms with Crippen molar-refractivity contribution < 1.29 is 14.6 Å². The monoisotopic (exact) mass is 222 g/mol. The molecule has 0 unspecified atom stereocenters. The minimum absolute atomic E-state index is 0.618. The first-order chi connectivity index (χ1) is 7.64. The van der Waals surface area contributed by atoms with Crippen molar-refractivity contribution >= 4 is 0 Å². The largest absolute Gasteiger partial charge is 0.497 e. The average molecular weight is 222 g/mol. The predicted octanol–water partition coefficient (Wildman–Crippen LogP) is 2.00. The predicted molar refractivity (Wildman–Crippen MR) is 61.7 cm³/mol. The molecule has 0 saturated carbocycles. The van der Waals surface area contributed by atoms with E-state index >= 15 is 0 Å². The number of benzene rings is 1. The van der Waals surface area contributed by atoms with Gasteiger partial charge in [0.1, 0.15) is 5.75 Å². The van der Waals surface area contributed by atoms with E-state index in [0.717, 1.165) is 16.9 Å². The van der Waals surface area contributed by atoms with E-state index in [-0.39, 0.29) is 0 Å². The van der Waals surface area contributed by atoms with Gasteiger partial charge in [0.25, 0.3) is 0 Å². The van der Waals surface area contributed by atoms with Crippen LogP contribution in [0.2, 0.25) is 0 Å². The molecule has 0 aliphatic carbocycles. The lowest BCUT2D eigenvalue weighted by Gasteiger charge is -2.32. The van der Waals surface area contributed by atoms with E-state index in [9.17, 15) is 5.11 Å². The molecule has 0 bridgehead atoms. The van der Waals surface area contributed by atoms with Crippen LogP contribution in [0.15, 0.2) is 18.2 Å². The smallest absolute Gasteiger partial charge is 0.119 e. The van der Waals surface area contributed by atoms with Gasteiger partial charge >= 0.3 is 0 Å². The van der Waals surface area contributed by atoms with Crippen LogP contribution in [0.3, 0.4) is 0 Å². The highest BCUT2D eigenvalue weighted by molar-refractivity contribution is 5.37. The number of methoxy groups -OCH3 is 1. The van der Waals surface area contributed by atoms with Crippen molar-refractivity contribution in [2.24, 2.45) is 0 Å². The van der Waals surface area contributed by atoms with Crippen LogP contribution in [0.1, 0.15) is 24.0 Å². The van der Waals surface area contributed by atoms with Crippen LogP contribution < -0.4 is 4.74 Å². The summed E-state index contributed by atoms with van der Waals surface area (Å²) in [6.45, 7) is 3.24. The Hall–Kier alpha value is -1.06. The normalized spacial score (nSPS) is 19.4. The standard InChI is InChI=1S/C13H18O3/c1-10-7-11(9-12(8-10)15-2)13(14)3-5-16-6-4-13/h7-9,14H,3-6H2,1-2H3. The summed E-state index contributed by atoms with van der Waals surface area (Å²) in [5.41, 5.74) is 1.29. The summed E-state index contributed by atoms with van der Waals surface area (Å²) in [7, 11) is 1.65. The molecule has 3 nitrogen and oxygen atoms in total. The van der Waals surface area contributed by atoms with Crippen LogP contribution in [0.25, 0.3) is 0 Å². The number of hydrogen-bond donors (Lipinski definition) is 1. The highest BCUT2D eigenvalue weighted by Crippen LogP contribution is 2.34. The van der Waals surface area contributed by atoms with E-state index < -0.39 is 5.60 Å². The summed E-state index contributed by atoms with van der Waals surface area (Å²) in [5, 5.41) is 10.6. The zero-order valence-corrected chi connectivity index (χ0v) is 9.82. The van der Waals surface area contributed by atoms with Crippen LogP contribution in [-0.2, 0) is 10.3 Å². The molecule has 1 aromatic rings. The van der Waals surface area contributed by atoms with Gasteiger partial charge in [-0.25, -0.2) is 0 Å². The maximum Gasteiger partial charge on any atom is 0.119 e. The third-order valence-corrected chi connectivity index (χ3v) is 3.14. The minimum atomic E-state index is -0.752. The highest BCUT2D eigenvalue weighted by atomic mass is 16.5. The van der Waals surface area contributed by atoms with Crippen LogP contribution >= 0.6 is 0 Å². The third kappa shape index (κ3) is 2.20. The number of ether oxygens (including phenoxy) is 2. The maximum absolute atomic E-state index is 10.6. The Morgan fingerprint density at radius 2 is 1.94 bits per heavy atom. The van der Waals surface area contributed by atoms with Crippen molar-refractivity contribution in [3.63, 3.8) is 0 Å². The molecule has 1 saturated heterocycles. The van der Waals surface area contributed by atoms with Crippen molar-refractivity contribution in [3.8, 4) is 5.75 Å². The Morgan fingerprint density at radius 1 is 1.25 bits per heavy atom. The summed E-state index contributed by atoms with van der Waals surface area (Å²) in [5.74, 6) is 0.801. The fourth-order valence-electron chi connectivity index (χ4n) is 2.13. The first kappa shape index (κ1) is 11.4. The van der Waals surface area contributed by atoms with Crippen molar-refractivity contribution in [2.75, 3.05) is 20.3 Å². The van der Waals surface area contributed by atoms with Gasteiger partial charge in [-0.1, -0.05) is 6.07 Å². The molecule has 0 atom stereocenters. The number of hydrogen-bond acceptors (Lipinski definition) is 3. The zero-order valence-electron chi connectivity index (χ0n) is 9.82. The number of aliphatic hydroxyl groups is 1. The highest BCUT2D eigenvalue weighted by Gasteiger charge is 2.32. The van der Waals surface area contributed by atoms with Crippen LogP contribution in [0.4, 0.5) is 0 Å². The van der Waals surface area contributed by atoms with E-state index in [1.165, 1.54) is 0 Å². The van der Waals surface area contributed by atoms with Crippen LogP contribution in [-0.4, -0.2) is 25.4 Å². The second-order valence-electron chi connectivity index (χ2n) is 4.38. The van der Waals surface area contributed by atoms with Crippen molar-refractivity contribution in [1.29, 1.82) is 0 Å². The lowest BCUT2D eigenvalue weighted by molar-refractivity contribution is -0.0680.